The van der Waals surface area contributed by atoms with Crippen molar-refractivity contribution < 1.29 is 4.74 Å². The van der Waals surface area contributed by atoms with Crippen molar-refractivity contribution >= 4 is 22.6 Å². The Bertz CT molecular complexity index is 546. The smallest absolute Gasteiger partial charge is 0.212 e. The molecule has 0 aliphatic carbocycles. The van der Waals surface area contributed by atoms with Crippen LogP contribution < -0.4 is 4.74 Å². The molecule has 0 N–H and O–H groups in total. The number of hydrogen-bond acceptors (Lipinski definition) is 2. The Hall–Kier alpha value is -0.290. The lowest BCUT2D eigenvalue weighted by Crippen LogP contribution is -2.56. The molecule has 1 aromatic carbocycles. The molecule has 0 unspecified atom stereocenters. The first-order valence-corrected chi connectivity index (χ1v) is 7.82. The molecule has 0 saturated heterocycles. The largest absolute Gasteiger partial charge is 0.463 e. The van der Waals surface area contributed by atoms with Gasteiger partial charge < -0.3 is 4.74 Å². The van der Waals surface area contributed by atoms with Crippen LogP contribution in [0.1, 0.15) is 48.6 Å². The van der Waals surface area contributed by atoms with Gasteiger partial charge in [0.1, 0.15) is 5.75 Å². The molecule has 0 aromatic heterocycles. The van der Waals surface area contributed by atoms with Crippen molar-refractivity contribution in [3.63, 3.8) is 0 Å². The Morgan fingerprint density at radius 2 is 1.37 bits per heavy atom. The first-order chi connectivity index (χ1) is 8.51. The second-order valence-electron chi connectivity index (χ2n) is 6.29. The highest BCUT2D eigenvalue weighted by atomic mass is 127. The molecule has 0 amide bonds. The van der Waals surface area contributed by atoms with Gasteiger partial charge in [0.05, 0.1) is 0 Å². The molecule has 0 bridgehead atoms. The van der Waals surface area contributed by atoms with Crippen molar-refractivity contribution in [3.05, 3.63) is 27.8 Å². The minimum absolute atomic E-state index is 0.0309. The Morgan fingerprint density at radius 3 is 1.89 bits per heavy atom. The molecule has 2 rings (SSSR count). The van der Waals surface area contributed by atoms with E-state index in [1.807, 2.05) is 0 Å². The zero-order valence-corrected chi connectivity index (χ0v) is 15.4. The van der Waals surface area contributed by atoms with Crippen molar-refractivity contribution in [3.8, 4) is 5.75 Å². The van der Waals surface area contributed by atoms with Gasteiger partial charge in [-0.3, -0.25) is 4.90 Å². The summed E-state index contributed by atoms with van der Waals surface area (Å²) in [6.07, 6.45) is 0. The van der Waals surface area contributed by atoms with Gasteiger partial charge >= 0.3 is 0 Å². The maximum atomic E-state index is 6.33. The SMILES string of the molecule is Cc1c(C)c(C)c2c(c1C)O[C@](C)(I)N(C)C2(C)C. The summed E-state index contributed by atoms with van der Waals surface area (Å²) in [5.41, 5.74) is 6.69. The van der Waals surface area contributed by atoms with Crippen LogP contribution in [-0.4, -0.2) is 15.7 Å². The van der Waals surface area contributed by atoms with Gasteiger partial charge in [-0.1, -0.05) is 0 Å². The molecule has 0 saturated carbocycles. The lowest BCUT2D eigenvalue weighted by Gasteiger charge is -2.51. The van der Waals surface area contributed by atoms with Crippen molar-refractivity contribution in [1.29, 1.82) is 0 Å². The molecule has 19 heavy (non-hydrogen) atoms. The number of halogens is 1. The molecule has 1 atom stereocenters. The lowest BCUT2D eigenvalue weighted by atomic mass is 9.81. The highest BCUT2D eigenvalue weighted by Gasteiger charge is 2.47. The van der Waals surface area contributed by atoms with Crippen LogP contribution in [0.5, 0.6) is 5.75 Å². The van der Waals surface area contributed by atoms with Crippen LogP contribution in [-0.2, 0) is 5.54 Å². The predicted octanol–water partition coefficient (Wildman–Crippen LogP) is 4.59. The van der Waals surface area contributed by atoms with Crippen LogP contribution in [0, 0.1) is 27.7 Å². The van der Waals surface area contributed by atoms with E-state index in [0.717, 1.165) is 5.75 Å². The van der Waals surface area contributed by atoms with Gasteiger partial charge in [0, 0.05) is 11.1 Å². The summed E-state index contributed by atoms with van der Waals surface area (Å²) in [6, 6.07) is 0. The van der Waals surface area contributed by atoms with Gasteiger partial charge in [-0.05, 0) is 100 Å². The van der Waals surface area contributed by atoms with Crippen LogP contribution in [0.2, 0.25) is 0 Å². The first-order valence-electron chi connectivity index (χ1n) is 6.74. The lowest BCUT2D eigenvalue weighted by molar-refractivity contribution is -0.0494. The Labute approximate surface area is 130 Å². The summed E-state index contributed by atoms with van der Waals surface area (Å²) in [5, 5.41) is 0. The van der Waals surface area contributed by atoms with Gasteiger partial charge in [0.25, 0.3) is 0 Å². The number of nitrogens with zero attached hydrogens (tertiary/aromatic N) is 1. The molecule has 1 aromatic rings. The van der Waals surface area contributed by atoms with E-state index in [9.17, 15) is 0 Å². The highest BCUT2D eigenvalue weighted by Crippen LogP contribution is 2.50. The van der Waals surface area contributed by atoms with Crippen LogP contribution >= 0.6 is 22.6 Å². The molecule has 0 radical (unpaired) electrons. The third kappa shape index (κ3) is 2.00. The van der Waals surface area contributed by atoms with E-state index in [2.05, 4.69) is 83.0 Å². The van der Waals surface area contributed by atoms with Crippen molar-refractivity contribution in [1.82, 2.24) is 4.90 Å². The molecule has 0 fully saturated rings. The van der Waals surface area contributed by atoms with E-state index in [0.29, 0.717) is 0 Å². The van der Waals surface area contributed by atoms with E-state index < -0.39 is 0 Å². The van der Waals surface area contributed by atoms with Gasteiger partial charge in [-0.25, -0.2) is 0 Å². The standard InChI is InChI=1S/C16H24INO/c1-9-10(2)12(4)14-13(11(9)3)15(5,6)18(8)16(7,17)19-14/h1-8H3/t16-/m1/s1. The molecule has 106 valence electrons. The van der Waals surface area contributed by atoms with E-state index >= 15 is 0 Å². The number of ether oxygens (including phenoxy) is 1. The van der Waals surface area contributed by atoms with E-state index in [1.54, 1.807) is 0 Å². The normalized spacial score (nSPS) is 25.9. The zero-order valence-electron chi connectivity index (χ0n) is 13.2. The van der Waals surface area contributed by atoms with Gasteiger partial charge in [-0.2, -0.15) is 0 Å². The number of alkyl halides is 1. The van der Waals surface area contributed by atoms with Gasteiger partial charge in [0.2, 0.25) is 3.73 Å². The number of benzene rings is 1. The summed E-state index contributed by atoms with van der Waals surface area (Å²) in [4.78, 5) is 2.31. The second-order valence-corrected chi connectivity index (χ2v) is 8.30. The second kappa shape index (κ2) is 4.35. The first kappa shape index (κ1) is 15.1. The van der Waals surface area contributed by atoms with E-state index in [4.69, 9.17) is 4.74 Å². The average Bonchev–Trinajstić information content (AvgIpc) is 2.30. The third-order valence-electron chi connectivity index (χ3n) is 4.97. The van der Waals surface area contributed by atoms with Crippen LogP contribution in [0.25, 0.3) is 0 Å². The van der Waals surface area contributed by atoms with Crippen LogP contribution in [0.15, 0.2) is 0 Å². The molecule has 1 aliphatic rings. The highest BCUT2D eigenvalue weighted by molar-refractivity contribution is 14.1. The van der Waals surface area contributed by atoms with Crippen LogP contribution in [0.3, 0.4) is 0 Å². The topological polar surface area (TPSA) is 12.5 Å². The molecule has 3 heteroatoms. The number of hydrogen-bond donors (Lipinski definition) is 0. The summed E-state index contributed by atoms with van der Waals surface area (Å²) >= 11 is 2.39. The minimum atomic E-state index is -0.312. The average molecular weight is 373 g/mol. The molecule has 0 spiro atoms. The van der Waals surface area contributed by atoms with Crippen LogP contribution in [0.4, 0.5) is 0 Å². The van der Waals surface area contributed by atoms with Crippen molar-refractivity contribution in [2.75, 3.05) is 7.05 Å². The quantitative estimate of drug-likeness (QED) is 0.375. The van der Waals surface area contributed by atoms with Gasteiger partial charge in [0.15, 0.2) is 0 Å². The van der Waals surface area contributed by atoms with E-state index in [1.165, 1.54) is 27.8 Å². The predicted molar refractivity (Wildman–Crippen MR) is 89.2 cm³/mol. The Balaban J connectivity index is 2.86. The van der Waals surface area contributed by atoms with Gasteiger partial charge in [-0.15, -0.1) is 0 Å². The molecular weight excluding hydrogens is 349 g/mol. The van der Waals surface area contributed by atoms with Crippen molar-refractivity contribution in [2.45, 2.75) is 57.7 Å². The maximum absolute atomic E-state index is 6.33. The fourth-order valence-corrected chi connectivity index (χ4v) is 3.89. The monoisotopic (exact) mass is 373 g/mol. The summed E-state index contributed by atoms with van der Waals surface area (Å²) in [7, 11) is 2.14. The number of fused-ring (bicyclic) bond motifs is 1. The molecule has 2 nitrogen and oxygen atoms in total. The fraction of sp³-hybridized carbons (Fsp3) is 0.625. The summed E-state index contributed by atoms with van der Waals surface area (Å²) in [6.45, 7) is 15.5. The third-order valence-corrected chi connectivity index (χ3v) is 5.91. The summed E-state index contributed by atoms with van der Waals surface area (Å²) in [5.74, 6) is 1.08. The summed E-state index contributed by atoms with van der Waals surface area (Å²) < 4.78 is 6.01. The van der Waals surface area contributed by atoms with E-state index in [-0.39, 0.29) is 9.27 Å². The Kier molecular flexibility index (Phi) is 3.46. The Morgan fingerprint density at radius 1 is 0.895 bits per heavy atom. The van der Waals surface area contributed by atoms with Crippen molar-refractivity contribution in [2.24, 2.45) is 0 Å². The minimum Gasteiger partial charge on any atom is -0.463 e. The fourth-order valence-electron chi connectivity index (χ4n) is 3.06. The zero-order chi connectivity index (χ0) is 14.7. The molecular formula is C16H24INO. The maximum Gasteiger partial charge on any atom is 0.212 e. The molecule has 1 heterocycles. The number of rotatable bonds is 0. The molecule has 1 aliphatic heterocycles.